The molecule has 3 aromatic heterocycles. The molecule has 24 heavy (non-hydrogen) atoms. The van der Waals surface area contributed by atoms with Crippen LogP contribution in [0.1, 0.15) is 29.7 Å². The van der Waals surface area contributed by atoms with Crippen molar-refractivity contribution in [3.05, 3.63) is 40.9 Å². The number of rotatable bonds is 4. The molecule has 0 unspecified atom stereocenters. The first kappa shape index (κ1) is 15.3. The summed E-state index contributed by atoms with van der Waals surface area (Å²) in [5, 5.41) is 1.23. The smallest absolute Gasteiger partial charge is 0.132 e. The largest absolute Gasteiger partial charge is 0.383 e. The molecule has 1 aliphatic rings. The van der Waals surface area contributed by atoms with Crippen LogP contribution in [0.2, 0.25) is 0 Å². The molecule has 0 spiro atoms. The molecule has 1 saturated carbocycles. The molecular weight excluding hydrogens is 316 g/mol. The van der Waals surface area contributed by atoms with Crippen molar-refractivity contribution in [3.8, 4) is 11.3 Å². The Balaban J connectivity index is 1.68. The van der Waals surface area contributed by atoms with Crippen LogP contribution in [0.5, 0.6) is 0 Å². The van der Waals surface area contributed by atoms with E-state index < -0.39 is 0 Å². The molecule has 0 aliphatic heterocycles. The number of fused-ring (bicyclic) bond motifs is 1. The molecule has 0 bridgehead atoms. The SMILES string of the molecule is CN=Cc1cc(-c2ccc3cc(CC4CCC4)sc3n2)cnc1N. The minimum absolute atomic E-state index is 0.490. The number of anilines is 1. The van der Waals surface area contributed by atoms with Crippen molar-refractivity contribution >= 4 is 33.6 Å². The Hall–Kier alpha value is -2.27. The number of hydrogen-bond acceptors (Lipinski definition) is 5. The van der Waals surface area contributed by atoms with Crippen LogP contribution in [0.15, 0.2) is 35.5 Å². The number of thiophene rings is 1. The summed E-state index contributed by atoms with van der Waals surface area (Å²) in [5.74, 6) is 1.37. The van der Waals surface area contributed by atoms with Gasteiger partial charge < -0.3 is 5.73 Å². The second kappa shape index (κ2) is 6.32. The van der Waals surface area contributed by atoms with Crippen LogP contribution in [-0.4, -0.2) is 23.2 Å². The lowest BCUT2D eigenvalue weighted by atomic mass is 9.83. The maximum Gasteiger partial charge on any atom is 0.132 e. The van der Waals surface area contributed by atoms with Gasteiger partial charge in [0.2, 0.25) is 0 Å². The zero-order valence-electron chi connectivity index (χ0n) is 13.7. The molecule has 5 heteroatoms. The van der Waals surface area contributed by atoms with Gasteiger partial charge in [-0.05, 0) is 36.6 Å². The second-order valence-corrected chi connectivity index (χ2v) is 7.51. The minimum Gasteiger partial charge on any atom is -0.383 e. The number of aliphatic imine (C=N–C) groups is 1. The number of nitrogens with two attached hydrogens (primary N) is 1. The minimum atomic E-state index is 0.490. The Labute approximate surface area is 145 Å². The highest BCUT2D eigenvalue weighted by atomic mass is 32.1. The third kappa shape index (κ3) is 2.91. The first-order valence-corrected chi connectivity index (χ1v) is 9.12. The van der Waals surface area contributed by atoms with E-state index in [4.69, 9.17) is 10.7 Å². The van der Waals surface area contributed by atoms with Crippen LogP contribution < -0.4 is 5.73 Å². The first-order chi connectivity index (χ1) is 11.7. The highest BCUT2D eigenvalue weighted by Gasteiger charge is 2.19. The number of pyridine rings is 2. The summed E-state index contributed by atoms with van der Waals surface area (Å²) in [6, 6.07) is 8.50. The average molecular weight is 336 g/mol. The summed E-state index contributed by atoms with van der Waals surface area (Å²) in [4.78, 5) is 15.7. The van der Waals surface area contributed by atoms with E-state index in [2.05, 4.69) is 28.2 Å². The number of nitrogen functional groups attached to an aromatic ring is 1. The van der Waals surface area contributed by atoms with Crippen molar-refractivity contribution in [1.29, 1.82) is 0 Å². The van der Waals surface area contributed by atoms with Gasteiger partial charge in [0.15, 0.2) is 0 Å². The monoisotopic (exact) mass is 336 g/mol. The van der Waals surface area contributed by atoms with Crippen molar-refractivity contribution in [3.63, 3.8) is 0 Å². The van der Waals surface area contributed by atoms with Crippen LogP contribution in [0.3, 0.4) is 0 Å². The lowest BCUT2D eigenvalue weighted by Gasteiger charge is -2.24. The van der Waals surface area contributed by atoms with Gasteiger partial charge >= 0.3 is 0 Å². The Morgan fingerprint density at radius 1 is 1.33 bits per heavy atom. The fourth-order valence-electron chi connectivity index (χ4n) is 3.09. The van der Waals surface area contributed by atoms with Crippen LogP contribution in [0.25, 0.3) is 21.5 Å². The van der Waals surface area contributed by atoms with Crippen LogP contribution in [0.4, 0.5) is 5.82 Å². The quantitative estimate of drug-likeness (QED) is 0.721. The third-order valence-electron chi connectivity index (χ3n) is 4.66. The van der Waals surface area contributed by atoms with Gasteiger partial charge in [0.1, 0.15) is 10.6 Å². The molecule has 0 atom stereocenters. The van der Waals surface area contributed by atoms with Crippen LogP contribution in [0, 0.1) is 5.92 Å². The zero-order chi connectivity index (χ0) is 16.5. The van der Waals surface area contributed by atoms with Crippen LogP contribution in [-0.2, 0) is 6.42 Å². The Morgan fingerprint density at radius 3 is 2.96 bits per heavy atom. The molecule has 0 aromatic carbocycles. The fraction of sp³-hybridized carbons (Fsp3) is 0.316. The van der Waals surface area contributed by atoms with E-state index in [0.717, 1.165) is 27.6 Å². The third-order valence-corrected chi connectivity index (χ3v) is 5.73. The maximum absolute atomic E-state index is 5.89. The van der Waals surface area contributed by atoms with E-state index in [0.29, 0.717) is 5.82 Å². The van der Waals surface area contributed by atoms with E-state index in [1.807, 2.05) is 17.4 Å². The van der Waals surface area contributed by atoms with Crippen molar-refractivity contribution in [2.24, 2.45) is 10.9 Å². The summed E-state index contributed by atoms with van der Waals surface area (Å²) in [6.45, 7) is 0. The normalized spacial score (nSPS) is 15.2. The van der Waals surface area contributed by atoms with Gasteiger partial charge in [0.05, 0.1) is 5.69 Å². The van der Waals surface area contributed by atoms with E-state index in [9.17, 15) is 0 Å². The highest BCUT2D eigenvalue weighted by Crippen LogP contribution is 2.34. The molecule has 2 N–H and O–H groups in total. The first-order valence-electron chi connectivity index (χ1n) is 8.30. The van der Waals surface area contributed by atoms with Crippen molar-refractivity contribution in [2.75, 3.05) is 12.8 Å². The predicted molar refractivity (Wildman–Crippen MR) is 102 cm³/mol. The van der Waals surface area contributed by atoms with Gasteiger partial charge in [-0.25, -0.2) is 9.97 Å². The average Bonchev–Trinajstić information content (AvgIpc) is 2.95. The topological polar surface area (TPSA) is 64.2 Å². The highest BCUT2D eigenvalue weighted by molar-refractivity contribution is 7.18. The van der Waals surface area contributed by atoms with Crippen molar-refractivity contribution in [1.82, 2.24) is 9.97 Å². The number of hydrogen-bond donors (Lipinski definition) is 1. The van der Waals surface area contributed by atoms with E-state index in [1.54, 1.807) is 19.5 Å². The Bertz CT molecular complexity index is 909. The Kier molecular flexibility index (Phi) is 4.02. The van der Waals surface area contributed by atoms with E-state index >= 15 is 0 Å². The fourth-order valence-corrected chi connectivity index (χ4v) is 4.23. The lowest BCUT2D eigenvalue weighted by Crippen LogP contribution is -2.12. The van der Waals surface area contributed by atoms with Gasteiger partial charge in [0, 0.05) is 40.8 Å². The predicted octanol–water partition coefficient (Wildman–Crippen LogP) is 4.33. The summed E-state index contributed by atoms with van der Waals surface area (Å²) in [7, 11) is 1.73. The molecule has 0 radical (unpaired) electrons. The molecule has 0 saturated heterocycles. The molecular formula is C19H20N4S. The summed E-state index contributed by atoms with van der Waals surface area (Å²) >= 11 is 1.82. The summed E-state index contributed by atoms with van der Waals surface area (Å²) in [5.41, 5.74) is 8.62. The second-order valence-electron chi connectivity index (χ2n) is 6.39. The van der Waals surface area contributed by atoms with E-state index in [-0.39, 0.29) is 0 Å². The summed E-state index contributed by atoms with van der Waals surface area (Å²) in [6.07, 6.45) is 8.87. The molecule has 3 aromatic rings. The number of aromatic nitrogens is 2. The Morgan fingerprint density at radius 2 is 2.21 bits per heavy atom. The van der Waals surface area contributed by atoms with Gasteiger partial charge in [-0.3, -0.25) is 4.99 Å². The molecule has 4 nitrogen and oxygen atoms in total. The van der Waals surface area contributed by atoms with Gasteiger partial charge in [-0.2, -0.15) is 0 Å². The zero-order valence-corrected chi connectivity index (χ0v) is 14.5. The molecule has 122 valence electrons. The summed E-state index contributed by atoms with van der Waals surface area (Å²) < 4.78 is 0. The molecule has 1 fully saturated rings. The molecule has 4 rings (SSSR count). The molecule has 0 amide bonds. The van der Waals surface area contributed by atoms with E-state index in [1.165, 1.54) is 35.9 Å². The number of nitrogens with zero attached hydrogens (tertiary/aromatic N) is 3. The van der Waals surface area contributed by atoms with Gasteiger partial charge in [-0.1, -0.05) is 19.3 Å². The van der Waals surface area contributed by atoms with Gasteiger partial charge in [-0.15, -0.1) is 11.3 Å². The van der Waals surface area contributed by atoms with Crippen molar-refractivity contribution in [2.45, 2.75) is 25.7 Å². The van der Waals surface area contributed by atoms with Gasteiger partial charge in [0.25, 0.3) is 0 Å². The molecule has 1 aliphatic carbocycles. The molecule has 3 heterocycles. The maximum atomic E-state index is 5.89. The van der Waals surface area contributed by atoms with Crippen molar-refractivity contribution < 1.29 is 0 Å². The lowest BCUT2D eigenvalue weighted by molar-refractivity contribution is 0.316. The van der Waals surface area contributed by atoms with Crippen LogP contribution >= 0.6 is 11.3 Å². The standard InChI is InChI=1S/C19H20N4S/c1-21-10-15-8-14(11-22-18(15)20)17-6-5-13-9-16(24-19(13)23-17)7-12-3-2-4-12/h5-6,8-12H,2-4,7H2,1H3,(H2,20,22).